The summed E-state index contributed by atoms with van der Waals surface area (Å²) in [6.45, 7) is 3.06. The molecule has 2 aromatic rings. The lowest BCUT2D eigenvalue weighted by molar-refractivity contribution is -0.118. The molecule has 0 bridgehead atoms. The van der Waals surface area contributed by atoms with Gasteiger partial charge in [0.2, 0.25) is 5.91 Å². The monoisotopic (exact) mass is 334 g/mol. The van der Waals surface area contributed by atoms with Crippen LogP contribution in [0.15, 0.2) is 28.9 Å². The fraction of sp³-hybridized carbons (Fsp3) is 0.438. The number of carbonyl (C=O) groups is 1. The van der Waals surface area contributed by atoms with E-state index in [-0.39, 0.29) is 11.9 Å². The average molecular weight is 335 g/mol. The van der Waals surface area contributed by atoms with E-state index in [2.05, 4.69) is 20.4 Å². The second-order valence-electron chi connectivity index (χ2n) is 5.75. The fourth-order valence-corrected chi connectivity index (χ4v) is 2.99. The van der Waals surface area contributed by atoms with Crippen LogP contribution in [0, 0.1) is 6.92 Å². The number of rotatable bonds is 4. The lowest BCUT2D eigenvalue weighted by Crippen LogP contribution is -2.39. The Morgan fingerprint density at radius 2 is 2.35 bits per heavy atom. The highest BCUT2D eigenvalue weighted by Crippen LogP contribution is 2.30. The number of hydrogen-bond donors (Lipinski definition) is 1. The Morgan fingerprint density at radius 1 is 1.48 bits per heavy atom. The molecular formula is C16H19ClN4O2. The highest BCUT2D eigenvalue weighted by Gasteiger charge is 2.28. The molecular weight excluding hydrogens is 316 g/mol. The van der Waals surface area contributed by atoms with Gasteiger partial charge in [0.25, 0.3) is 0 Å². The number of aryl methyl sites for hydroxylation is 1. The fourth-order valence-electron chi connectivity index (χ4n) is 2.87. The van der Waals surface area contributed by atoms with Crippen LogP contribution in [0.3, 0.4) is 0 Å². The van der Waals surface area contributed by atoms with Crippen LogP contribution >= 0.6 is 11.6 Å². The molecule has 122 valence electrons. The molecule has 3 heterocycles. The molecule has 1 saturated heterocycles. The standard InChI is InChI=1S/C16H19ClN4O2/c1-11-8-13(20-23-11)14-4-2-3-7-21(14)10-16(22)19-15-6-5-12(17)9-18-15/h5-6,8-9,14H,2-4,7,10H2,1H3,(H,18,19,22)/t14-/m0/s1. The zero-order valence-electron chi connectivity index (χ0n) is 13.0. The van der Waals surface area contributed by atoms with E-state index in [1.165, 1.54) is 6.20 Å². The number of nitrogens with zero attached hydrogens (tertiary/aromatic N) is 3. The Bertz CT molecular complexity index is 671. The van der Waals surface area contributed by atoms with Gasteiger partial charge in [-0.2, -0.15) is 0 Å². The van der Waals surface area contributed by atoms with Gasteiger partial charge in [0.05, 0.1) is 17.6 Å². The minimum Gasteiger partial charge on any atom is -0.361 e. The molecule has 23 heavy (non-hydrogen) atoms. The van der Waals surface area contributed by atoms with Gasteiger partial charge in [-0.1, -0.05) is 23.2 Å². The highest BCUT2D eigenvalue weighted by molar-refractivity contribution is 6.30. The molecule has 1 amide bonds. The van der Waals surface area contributed by atoms with Crippen molar-refractivity contribution in [2.75, 3.05) is 18.4 Å². The van der Waals surface area contributed by atoms with Crippen LogP contribution in [0.4, 0.5) is 5.82 Å². The molecule has 1 N–H and O–H groups in total. The van der Waals surface area contributed by atoms with E-state index in [9.17, 15) is 4.79 Å². The van der Waals surface area contributed by atoms with E-state index in [1.54, 1.807) is 12.1 Å². The molecule has 0 aromatic carbocycles. The maximum Gasteiger partial charge on any atom is 0.239 e. The molecule has 3 rings (SSSR count). The Labute approximate surface area is 139 Å². The smallest absolute Gasteiger partial charge is 0.239 e. The second-order valence-corrected chi connectivity index (χ2v) is 6.19. The molecule has 6 nitrogen and oxygen atoms in total. The number of carbonyl (C=O) groups excluding carboxylic acids is 1. The summed E-state index contributed by atoms with van der Waals surface area (Å²) in [7, 11) is 0. The first-order valence-electron chi connectivity index (χ1n) is 7.70. The number of piperidine rings is 1. The quantitative estimate of drug-likeness (QED) is 0.929. The Morgan fingerprint density at radius 3 is 3.04 bits per heavy atom. The van der Waals surface area contributed by atoms with Crippen LogP contribution in [0.1, 0.15) is 36.8 Å². The molecule has 2 aromatic heterocycles. The normalized spacial score (nSPS) is 18.8. The van der Waals surface area contributed by atoms with Gasteiger partial charge in [-0.15, -0.1) is 0 Å². The molecule has 7 heteroatoms. The molecule has 0 saturated carbocycles. The van der Waals surface area contributed by atoms with E-state index < -0.39 is 0 Å². The number of halogens is 1. The summed E-state index contributed by atoms with van der Waals surface area (Å²) in [5.74, 6) is 1.21. The number of pyridine rings is 1. The summed E-state index contributed by atoms with van der Waals surface area (Å²) in [5, 5.41) is 7.46. The number of nitrogens with one attached hydrogen (secondary N) is 1. The number of aromatic nitrogens is 2. The van der Waals surface area contributed by atoms with Crippen molar-refractivity contribution < 1.29 is 9.32 Å². The molecule has 0 radical (unpaired) electrons. The number of amides is 1. The SMILES string of the molecule is Cc1cc([C@@H]2CCCCN2CC(=O)Nc2ccc(Cl)cn2)no1. The van der Waals surface area contributed by atoms with Crippen molar-refractivity contribution in [2.24, 2.45) is 0 Å². The zero-order chi connectivity index (χ0) is 16.2. The molecule has 0 spiro atoms. The first-order chi connectivity index (χ1) is 11.1. The Hall–Kier alpha value is -1.92. The third-order valence-corrected chi connectivity index (χ3v) is 4.17. The number of hydrogen-bond acceptors (Lipinski definition) is 5. The van der Waals surface area contributed by atoms with Gasteiger partial charge in [0, 0.05) is 12.3 Å². The van der Waals surface area contributed by atoms with E-state index >= 15 is 0 Å². The van der Waals surface area contributed by atoms with Crippen molar-refractivity contribution in [1.29, 1.82) is 0 Å². The van der Waals surface area contributed by atoms with Gasteiger partial charge in [-0.05, 0) is 38.4 Å². The molecule has 1 fully saturated rings. The van der Waals surface area contributed by atoms with Gasteiger partial charge < -0.3 is 9.84 Å². The average Bonchev–Trinajstić information content (AvgIpc) is 2.96. The molecule has 0 unspecified atom stereocenters. The summed E-state index contributed by atoms with van der Waals surface area (Å²) in [6, 6.07) is 5.47. The molecule has 0 aliphatic carbocycles. The van der Waals surface area contributed by atoms with Crippen molar-refractivity contribution in [3.63, 3.8) is 0 Å². The van der Waals surface area contributed by atoms with Gasteiger partial charge in [-0.25, -0.2) is 4.98 Å². The summed E-state index contributed by atoms with van der Waals surface area (Å²) in [4.78, 5) is 18.5. The predicted octanol–water partition coefficient (Wildman–Crippen LogP) is 3.20. The van der Waals surface area contributed by atoms with Crippen LogP contribution in [-0.2, 0) is 4.79 Å². The number of anilines is 1. The minimum absolute atomic E-state index is 0.0908. The van der Waals surface area contributed by atoms with Crippen LogP contribution < -0.4 is 5.32 Å². The minimum atomic E-state index is -0.0908. The third kappa shape index (κ3) is 4.09. The summed E-state index contributed by atoms with van der Waals surface area (Å²) >= 11 is 5.79. The summed E-state index contributed by atoms with van der Waals surface area (Å²) < 4.78 is 5.18. The van der Waals surface area contributed by atoms with Crippen LogP contribution in [0.2, 0.25) is 5.02 Å². The van der Waals surface area contributed by atoms with Gasteiger partial charge >= 0.3 is 0 Å². The van der Waals surface area contributed by atoms with Crippen molar-refractivity contribution in [1.82, 2.24) is 15.0 Å². The molecule has 1 atom stereocenters. The van der Waals surface area contributed by atoms with Crippen molar-refractivity contribution in [3.05, 3.63) is 40.9 Å². The first-order valence-corrected chi connectivity index (χ1v) is 8.08. The van der Waals surface area contributed by atoms with Crippen molar-refractivity contribution in [3.8, 4) is 0 Å². The molecule has 1 aliphatic rings. The lowest BCUT2D eigenvalue weighted by Gasteiger charge is -2.33. The summed E-state index contributed by atoms with van der Waals surface area (Å²) in [5.41, 5.74) is 0.902. The van der Waals surface area contributed by atoms with Gasteiger partial charge in [0.15, 0.2) is 0 Å². The Kier molecular flexibility index (Phi) is 4.93. The van der Waals surface area contributed by atoms with Crippen LogP contribution in [-0.4, -0.2) is 34.0 Å². The topological polar surface area (TPSA) is 71.3 Å². The highest BCUT2D eigenvalue weighted by atomic mass is 35.5. The maximum atomic E-state index is 12.3. The van der Waals surface area contributed by atoms with Crippen molar-refractivity contribution >= 4 is 23.3 Å². The summed E-state index contributed by atoms with van der Waals surface area (Å²) in [6.07, 6.45) is 4.71. The second kappa shape index (κ2) is 7.10. The van der Waals surface area contributed by atoms with Crippen LogP contribution in [0.25, 0.3) is 0 Å². The molecule has 1 aliphatic heterocycles. The maximum absolute atomic E-state index is 12.3. The van der Waals surface area contributed by atoms with E-state index in [0.717, 1.165) is 37.3 Å². The van der Waals surface area contributed by atoms with E-state index in [4.69, 9.17) is 16.1 Å². The van der Waals surface area contributed by atoms with Gasteiger partial charge in [-0.3, -0.25) is 9.69 Å². The largest absolute Gasteiger partial charge is 0.361 e. The van der Waals surface area contributed by atoms with Crippen LogP contribution in [0.5, 0.6) is 0 Å². The van der Waals surface area contributed by atoms with E-state index in [0.29, 0.717) is 17.4 Å². The number of likely N-dealkylation sites (tertiary alicyclic amines) is 1. The first kappa shape index (κ1) is 16.0. The Balaban J connectivity index is 1.64. The van der Waals surface area contributed by atoms with Gasteiger partial charge in [0.1, 0.15) is 17.3 Å². The lowest BCUT2D eigenvalue weighted by atomic mass is 9.99. The van der Waals surface area contributed by atoms with E-state index in [1.807, 2.05) is 13.0 Å². The zero-order valence-corrected chi connectivity index (χ0v) is 13.7. The predicted molar refractivity (Wildman–Crippen MR) is 87.3 cm³/mol. The third-order valence-electron chi connectivity index (χ3n) is 3.94. The van der Waals surface area contributed by atoms with Crippen molar-refractivity contribution in [2.45, 2.75) is 32.2 Å².